The normalized spacial score (nSPS) is 11.7. The average Bonchev–Trinajstić information content (AvgIpc) is 2.80. The molecule has 0 aliphatic rings. The Bertz CT molecular complexity index is 1200. The van der Waals surface area contributed by atoms with Crippen LogP contribution in [0.1, 0.15) is 31.9 Å². The maximum Gasteiger partial charge on any atom is 0.416 e. The molecule has 0 atom stereocenters. The summed E-state index contributed by atoms with van der Waals surface area (Å²) in [6.45, 7) is 4.58. The van der Waals surface area contributed by atoms with Gasteiger partial charge in [0.1, 0.15) is 12.1 Å². The highest BCUT2D eigenvalue weighted by Crippen LogP contribution is 2.32. The van der Waals surface area contributed by atoms with E-state index in [0.717, 1.165) is 33.1 Å². The molecule has 190 valence electrons. The van der Waals surface area contributed by atoms with E-state index in [9.17, 15) is 27.9 Å². The van der Waals surface area contributed by atoms with Crippen molar-refractivity contribution in [3.05, 3.63) is 83.9 Å². The summed E-state index contributed by atoms with van der Waals surface area (Å²) in [5.41, 5.74) is 1.45. The number of nitrogens with zero attached hydrogens (tertiary/aromatic N) is 1. The third kappa shape index (κ3) is 7.78. The van der Waals surface area contributed by atoms with Crippen LogP contribution in [0, 0.1) is 0 Å². The van der Waals surface area contributed by atoms with Gasteiger partial charge >= 0.3 is 18.2 Å². The van der Waals surface area contributed by atoms with E-state index in [2.05, 4.69) is 0 Å². The predicted octanol–water partition coefficient (Wildman–Crippen LogP) is 7.49. The first-order chi connectivity index (χ1) is 16.8. The largest absolute Gasteiger partial charge is 0.480 e. The molecule has 0 saturated heterocycles. The summed E-state index contributed by atoms with van der Waals surface area (Å²) in [5.74, 6) is -0.550. The van der Waals surface area contributed by atoms with Crippen LogP contribution in [0.15, 0.2) is 77.7 Å². The number of hydrogen-bond acceptors (Lipinski definition) is 4. The van der Waals surface area contributed by atoms with Crippen molar-refractivity contribution in [2.75, 3.05) is 11.4 Å². The standard InChI is InChI=1S/C27H26F3NO4S/c1-26(2,3)35-25(34)31(16-24(32)33)22-11-13-23(14-12-22)36-17-18-5-4-6-20(15-18)19-7-9-21(10-8-19)27(28,29)30/h4-15H,16-17H2,1-3H3,(H,32,33). The second-order valence-electron chi connectivity index (χ2n) is 9.02. The van der Waals surface area contributed by atoms with Crippen LogP contribution in [0.2, 0.25) is 0 Å². The van der Waals surface area contributed by atoms with Crippen molar-refractivity contribution in [3.8, 4) is 11.1 Å². The van der Waals surface area contributed by atoms with Crippen molar-refractivity contribution in [2.24, 2.45) is 0 Å². The number of carboxylic acid groups (broad SMARTS) is 1. The molecule has 0 saturated carbocycles. The highest BCUT2D eigenvalue weighted by Gasteiger charge is 2.30. The molecule has 36 heavy (non-hydrogen) atoms. The Morgan fingerprint density at radius 3 is 2.11 bits per heavy atom. The topological polar surface area (TPSA) is 66.8 Å². The molecule has 3 aromatic carbocycles. The molecule has 0 aliphatic heterocycles. The number of halogens is 3. The SMILES string of the molecule is CC(C)(C)OC(=O)N(CC(=O)O)c1ccc(SCc2cccc(-c3ccc(C(F)(F)F)cc3)c2)cc1. The van der Waals surface area contributed by atoms with Gasteiger partial charge < -0.3 is 9.84 Å². The van der Waals surface area contributed by atoms with E-state index in [1.165, 1.54) is 23.9 Å². The first kappa shape index (κ1) is 27.1. The van der Waals surface area contributed by atoms with Crippen molar-refractivity contribution < 1.29 is 32.6 Å². The summed E-state index contributed by atoms with van der Waals surface area (Å²) in [6.07, 6.45) is -5.12. The van der Waals surface area contributed by atoms with Gasteiger partial charge in [0.25, 0.3) is 0 Å². The highest BCUT2D eigenvalue weighted by atomic mass is 32.2. The smallest absolute Gasteiger partial charge is 0.416 e. The van der Waals surface area contributed by atoms with E-state index in [-0.39, 0.29) is 0 Å². The molecule has 0 unspecified atom stereocenters. The van der Waals surface area contributed by atoms with Crippen LogP contribution in [0.4, 0.5) is 23.7 Å². The number of benzene rings is 3. The van der Waals surface area contributed by atoms with Crippen LogP contribution in [0.25, 0.3) is 11.1 Å². The molecular formula is C27H26F3NO4S. The lowest BCUT2D eigenvalue weighted by molar-refractivity contribution is -0.137. The fourth-order valence-corrected chi connectivity index (χ4v) is 4.14. The molecule has 0 aliphatic carbocycles. The molecule has 9 heteroatoms. The van der Waals surface area contributed by atoms with E-state index >= 15 is 0 Å². The van der Waals surface area contributed by atoms with Crippen molar-refractivity contribution in [1.29, 1.82) is 0 Å². The minimum atomic E-state index is -4.37. The van der Waals surface area contributed by atoms with Crippen molar-refractivity contribution >= 4 is 29.5 Å². The number of alkyl halides is 3. The van der Waals surface area contributed by atoms with Gasteiger partial charge in [0, 0.05) is 16.3 Å². The third-order valence-corrected chi connectivity index (χ3v) is 6.02. The first-order valence-electron chi connectivity index (χ1n) is 11.0. The number of anilines is 1. The van der Waals surface area contributed by atoms with Gasteiger partial charge in [-0.15, -0.1) is 11.8 Å². The summed E-state index contributed by atoms with van der Waals surface area (Å²) in [5, 5.41) is 9.21. The number of ether oxygens (including phenoxy) is 1. The summed E-state index contributed by atoms with van der Waals surface area (Å²) in [6, 6.07) is 19.5. The molecule has 0 fully saturated rings. The van der Waals surface area contributed by atoms with E-state index in [0.29, 0.717) is 17.0 Å². The van der Waals surface area contributed by atoms with Gasteiger partial charge in [0.15, 0.2) is 0 Å². The monoisotopic (exact) mass is 517 g/mol. The van der Waals surface area contributed by atoms with Crippen LogP contribution < -0.4 is 4.90 Å². The molecule has 0 radical (unpaired) electrons. The zero-order valence-corrected chi connectivity index (χ0v) is 20.8. The number of hydrogen-bond donors (Lipinski definition) is 1. The molecule has 1 amide bonds. The van der Waals surface area contributed by atoms with Gasteiger partial charge in [-0.1, -0.05) is 36.4 Å². The lowest BCUT2D eigenvalue weighted by Crippen LogP contribution is -2.40. The second-order valence-corrected chi connectivity index (χ2v) is 10.1. The Labute approximate surface area is 211 Å². The summed E-state index contributed by atoms with van der Waals surface area (Å²) >= 11 is 1.54. The second kappa shape index (κ2) is 11.1. The van der Waals surface area contributed by atoms with E-state index in [1.54, 1.807) is 45.0 Å². The fraction of sp³-hybridized carbons (Fsp3) is 0.259. The van der Waals surface area contributed by atoms with Gasteiger partial charge in [-0.25, -0.2) is 4.79 Å². The van der Waals surface area contributed by atoms with Crippen LogP contribution in [-0.4, -0.2) is 29.3 Å². The van der Waals surface area contributed by atoms with E-state index < -0.39 is 35.9 Å². The Morgan fingerprint density at radius 2 is 1.56 bits per heavy atom. The maximum atomic E-state index is 12.8. The number of thioether (sulfide) groups is 1. The average molecular weight is 518 g/mol. The lowest BCUT2D eigenvalue weighted by Gasteiger charge is -2.26. The van der Waals surface area contributed by atoms with Crippen LogP contribution in [-0.2, 0) is 21.5 Å². The van der Waals surface area contributed by atoms with Gasteiger partial charge in [-0.3, -0.25) is 9.69 Å². The number of aliphatic carboxylic acids is 1. The molecule has 0 bridgehead atoms. The molecular weight excluding hydrogens is 491 g/mol. The van der Waals surface area contributed by atoms with Gasteiger partial charge in [0.05, 0.1) is 5.56 Å². The van der Waals surface area contributed by atoms with Gasteiger partial charge in [-0.2, -0.15) is 13.2 Å². The Balaban J connectivity index is 1.68. The number of amides is 1. The molecule has 1 N–H and O–H groups in total. The molecule has 5 nitrogen and oxygen atoms in total. The third-order valence-electron chi connectivity index (χ3n) is 4.93. The van der Waals surface area contributed by atoms with Gasteiger partial charge in [0.2, 0.25) is 0 Å². The first-order valence-corrected chi connectivity index (χ1v) is 12.0. The van der Waals surface area contributed by atoms with Crippen molar-refractivity contribution in [3.63, 3.8) is 0 Å². The minimum absolute atomic E-state index is 0.403. The van der Waals surface area contributed by atoms with E-state index in [4.69, 9.17) is 4.74 Å². The molecule has 3 rings (SSSR count). The fourth-order valence-electron chi connectivity index (χ4n) is 3.29. The number of carboxylic acids is 1. The summed E-state index contributed by atoms with van der Waals surface area (Å²) in [7, 11) is 0. The number of carbonyl (C=O) groups excluding carboxylic acids is 1. The predicted molar refractivity (Wildman–Crippen MR) is 134 cm³/mol. The Morgan fingerprint density at radius 1 is 0.917 bits per heavy atom. The van der Waals surface area contributed by atoms with Gasteiger partial charge in [-0.05, 0) is 73.9 Å². The molecule has 0 aromatic heterocycles. The highest BCUT2D eigenvalue weighted by molar-refractivity contribution is 7.98. The molecule has 0 heterocycles. The van der Waals surface area contributed by atoms with Crippen LogP contribution in [0.5, 0.6) is 0 Å². The summed E-state index contributed by atoms with van der Waals surface area (Å²) in [4.78, 5) is 25.7. The van der Waals surface area contributed by atoms with Crippen LogP contribution >= 0.6 is 11.8 Å². The van der Waals surface area contributed by atoms with Crippen LogP contribution in [0.3, 0.4) is 0 Å². The number of carbonyl (C=O) groups is 2. The van der Waals surface area contributed by atoms with Crippen molar-refractivity contribution in [1.82, 2.24) is 0 Å². The quantitative estimate of drug-likeness (QED) is 0.329. The maximum absolute atomic E-state index is 12.8. The zero-order chi connectivity index (χ0) is 26.5. The summed E-state index contributed by atoms with van der Waals surface area (Å²) < 4.78 is 43.8. The Hall–Kier alpha value is -3.46. The zero-order valence-electron chi connectivity index (χ0n) is 20.0. The lowest BCUT2D eigenvalue weighted by atomic mass is 10.0. The van der Waals surface area contributed by atoms with Crippen molar-refractivity contribution in [2.45, 2.75) is 43.2 Å². The molecule has 3 aromatic rings. The van der Waals surface area contributed by atoms with E-state index in [1.807, 2.05) is 24.3 Å². The minimum Gasteiger partial charge on any atom is -0.480 e. The molecule has 0 spiro atoms. The number of rotatable bonds is 7. The Kier molecular flexibility index (Phi) is 8.35.